The summed E-state index contributed by atoms with van der Waals surface area (Å²) < 4.78 is 0. The van der Waals surface area contributed by atoms with E-state index in [1.54, 1.807) is 6.20 Å². The Hall–Kier alpha value is -5.06. The van der Waals surface area contributed by atoms with Crippen LogP contribution in [0.5, 0.6) is 0 Å². The number of allylic oxidation sites excluding steroid dienone is 4. The predicted molar refractivity (Wildman–Crippen MR) is 178 cm³/mol. The highest BCUT2D eigenvalue weighted by atomic mass is 14.7. The fraction of sp³-hybridized carbons (Fsp3) is 0.105. The minimum absolute atomic E-state index is 0.673. The van der Waals surface area contributed by atoms with Gasteiger partial charge in [0, 0.05) is 48.4 Å². The summed E-state index contributed by atoms with van der Waals surface area (Å²) in [5, 5.41) is 7.38. The van der Waals surface area contributed by atoms with Crippen molar-refractivity contribution in [2.24, 2.45) is 11.5 Å². The van der Waals surface area contributed by atoms with E-state index in [2.05, 4.69) is 102 Å². The average molecular weight is 547 g/mol. The molecule has 0 saturated heterocycles. The first-order valence-corrected chi connectivity index (χ1v) is 14.4. The molecule has 0 aliphatic heterocycles. The molecular weight excluding hydrogens is 512 g/mol. The lowest BCUT2D eigenvalue weighted by Gasteiger charge is -2.14. The summed E-state index contributed by atoms with van der Waals surface area (Å²) in [5.41, 5.74) is 18.1. The van der Waals surface area contributed by atoms with Crippen LogP contribution in [0.25, 0.3) is 49.0 Å². The molecular formula is C38H34N4. The van der Waals surface area contributed by atoms with E-state index < -0.39 is 0 Å². The lowest BCUT2D eigenvalue weighted by Crippen LogP contribution is -1.95. The van der Waals surface area contributed by atoms with Gasteiger partial charge in [-0.3, -0.25) is 9.97 Å². The Kier molecular flexibility index (Phi) is 8.16. The highest BCUT2D eigenvalue weighted by Crippen LogP contribution is 2.38. The van der Waals surface area contributed by atoms with E-state index in [0.717, 1.165) is 52.9 Å². The van der Waals surface area contributed by atoms with Crippen LogP contribution in [0.1, 0.15) is 23.4 Å². The van der Waals surface area contributed by atoms with E-state index in [0.29, 0.717) is 6.54 Å². The van der Waals surface area contributed by atoms with E-state index in [4.69, 9.17) is 16.5 Å². The summed E-state index contributed by atoms with van der Waals surface area (Å²) in [6, 6.07) is 32.3. The summed E-state index contributed by atoms with van der Waals surface area (Å²) in [6.07, 6.45) is 16.4. The summed E-state index contributed by atoms with van der Waals surface area (Å²) in [5.74, 6) is 0. The molecule has 0 atom stereocenters. The van der Waals surface area contributed by atoms with E-state index >= 15 is 0 Å². The molecule has 2 heterocycles. The van der Waals surface area contributed by atoms with Crippen LogP contribution in [0.2, 0.25) is 0 Å². The summed E-state index contributed by atoms with van der Waals surface area (Å²) in [7, 11) is 0. The van der Waals surface area contributed by atoms with Gasteiger partial charge in [0.05, 0.1) is 0 Å². The van der Waals surface area contributed by atoms with Crippen LogP contribution in [0, 0.1) is 0 Å². The van der Waals surface area contributed by atoms with Gasteiger partial charge in [0.25, 0.3) is 0 Å². The second-order valence-electron chi connectivity index (χ2n) is 10.4. The van der Waals surface area contributed by atoms with Crippen molar-refractivity contribution in [3.8, 4) is 11.1 Å². The number of fused-ring (bicyclic) bond motifs is 6. The van der Waals surface area contributed by atoms with Crippen molar-refractivity contribution >= 4 is 37.9 Å². The Bertz CT molecular complexity index is 1910. The van der Waals surface area contributed by atoms with Gasteiger partial charge in [0.15, 0.2) is 0 Å². The van der Waals surface area contributed by atoms with Crippen molar-refractivity contribution in [3.63, 3.8) is 0 Å². The number of pyridine rings is 2. The third-order valence-electron chi connectivity index (χ3n) is 7.69. The number of hydrogen-bond donors (Lipinski definition) is 2. The van der Waals surface area contributed by atoms with Crippen molar-refractivity contribution in [2.45, 2.75) is 19.3 Å². The van der Waals surface area contributed by atoms with Gasteiger partial charge in [0.2, 0.25) is 0 Å². The van der Waals surface area contributed by atoms with Crippen LogP contribution >= 0.6 is 0 Å². The Morgan fingerprint density at radius 2 is 1.31 bits per heavy atom. The Morgan fingerprint density at radius 1 is 0.619 bits per heavy atom. The van der Waals surface area contributed by atoms with Crippen molar-refractivity contribution in [1.29, 1.82) is 0 Å². The minimum Gasteiger partial charge on any atom is -0.404 e. The van der Waals surface area contributed by atoms with Crippen molar-refractivity contribution in [3.05, 3.63) is 151 Å². The maximum atomic E-state index is 6.11. The first-order valence-electron chi connectivity index (χ1n) is 14.4. The molecule has 2 aromatic heterocycles. The number of nitrogens with two attached hydrogens (primary N) is 2. The van der Waals surface area contributed by atoms with Gasteiger partial charge in [-0.2, -0.15) is 0 Å². The van der Waals surface area contributed by atoms with Crippen molar-refractivity contribution in [2.75, 3.05) is 6.54 Å². The van der Waals surface area contributed by atoms with Gasteiger partial charge in [-0.15, -0.1) is 0 Å². The third kappa shape index (κ3) is 5.71. The van der Waals surface area contributed by atoms with Gasteiger partial charge in [-0.25, -0.2) is 0 Å². The topological polar surface area (TPSA) is 77.8 Å². The SMILES string of the molecule is N/C=C(\C=C/Cc1ccccn1)c1ccc2c3ccc(-c4ccc(C/C=C\CCN)nc4)cc3c3ccccc3c2c1. The molecule has 0 unspecified atom stereocenters. The van der Waals surface area contributed by atoms with E-state index in [9.17, 15) is 0 Å². The first-order chi connectivity index (χ1) is 20.7. The fourth-order valence-electron chi connectivity index (χ4n) is 5.52. The largest absolute Gasteiger partial charge is 0.404 e. The lowest BCUT2D eigenvalue weighted by molar-refractivity contribution is 0.996. The highest BCUT2D eigenvalue weighted by molar-refractivity contribution is 6.26. The number of nitrogens with zero attached hydrogens (tertiary/aromatic N) is 2. The molecule has 0 spiro atoms. The van der Waals surface area contributed by atoms with Crippen LogP contribution < -0.4 is 11.5 Å². The number of aromatic nitrogens is 2. The molecule has 4 N–H and O–H groups in total. The fourth-order valence-corrected chi connectivity index (χ4v) is 5.52. The zero-order chi connectivity index (χ0) is 28.7. The van der Waals surface area contributed by atoms with Crippen LogP contribution in [-0.4, -0.2) is 16.5 Å². The van der Waals surface area contributed by atoms with Crippen LogP contribution in [0.3, 0.4) is 0 Å². The molecule has 4 aromatic carbocycles. The number of rotatable bonds is 9. The standard InChI is InChI=1S/C38H34N4/c39-21-6-1-2-10-32-18-15-30(26-42-32)28-17-20-36-35-19-16-27(29(25-40)9-8-12-31-11-5-7-22-41-31)23-37(35)33-13-3-4-14-34(33)38(36)24-28/h1-5,7-9,11,13-20,22-26H,6,10,12,21,39-40H2/b2-1-,9-8-,29-25+. The van der Waals surface area contributed by atoms with E-state index in [1.165, 1.54) is 32.3 Å². The Balaban J connectivity index is 1.37. The zero-order valence-corrected chi connectivity index (χ0v) is 23.6. The molecule has 6 aromatic rings. The lowest BCUT2D eigenvalue weighted by atomic mass is 9.90. The van der Waals surface area contributed by atoms with Gasteiger partial charge in [-0.05, 0) is 92.3 Å². The van der Waals surface area contributed by atoms with Crippen molar-refractivity contribution in [1.82, 2.24) is 9.97 Å². The van der Waals surface area contributed by atoms with E-state index in [-0.39, 0.29) is 0 Å². The molecule has 0 radical (unpaired) electrons. The predicted octanol–water partition coefficient (Wildman–Crippen LogP) is 8.15. The minimum atomic E-state index is 0.673. The molecule has 0 amide bonds. The molecule has 4 nitrogen and oxygen atoms in total. The Morgan fingerprint density at radius 3 is 2.02 bits per heavy atom. The van der Waals surface area contributed by atoms with Gasteiger partial charge in [-0.1, -0.05) is 85.0 Å². The smallest absolute Gasteiger partial charge is 0.0441 e. The second kappa shape index (κ2) is 12.6. The van der Waals surface area contributed by atoms with Gasteiger partial charge in [0.1, 0.15) is 0 Å². The molecule has 6 rings (SSSR count). The van der Waals surface area contributed by atoms with E-state index in [1.807, 2.05) is 30.6 Å². The zero-order valence-electron chi connectivity index (χ0n) is 23.6. The monoisotopic (exact) mass is 546 g/mol. The molecule has 42 heavy (non-hydrogen) atoms. The van der Waals surface area contributed by atoms with Crippen LogP contribution in [-0.2, 0) is 12.8 Å². The molecule has 0 aliphatic rings. The quantitative estimate of drug-likeness (QED) is 0.109. The summed E-state index contributed by atoms with van der Waals surface area (Å²) >= 11 is 0. The number of benzene rings is 4. The van der Waals surface area contributed by atoms with Gasteiger partial charge >= 0.3 is 0 Å². The normalized spacial score (nSPS) is 12.4. The van der Waals surface area contributed by atoms with Crippen LogP contribution in [0.15, 0.2) is 134 Å². The number of hydrogen-bond acceptors (Lipinski definition) is 4. The average Bonchev–Trinajstić information content (AvgIpc) is 3.05. The summed E-state index contributed by atoms with van der Waals surface area (Å²) in [6.45, 7) is 0.673. The molecule has 0 fully saturated rings. The third-order valence-corrected chi connectivity index (χ3v) is 7.69. The highest BCUT2D eigenvalue weighted by Gasteiger charge is 2.11. The maximum Gasteiger partial charge on any atom is 0.0441 e. The molecule has 0 bridgehead atoms. The van der Waals surface area contributed by atoms with Crippen LogP contribution in [0.4, 0.5) is 0 Å². The molecule has 4 heteroatoms. The maximum absolute atomic E-state index is 6.11. The second-order valence-corrected chi connectivity index (χ2v) is 10.4. The first kappa shape index (κ1) is 27.1. The molecule has 0 saturated carbocycles. The molecule has 0 aliphatic carbocycles. The molecule has 206 valence electrons. The summed E-state index contributed by atoms with van der Waals surface area (Å²) in [4.78, 5) is 9.12. The van der Waals surface area contributed by atoms with Gasteiger partial charge < -0.3 is 11.5 Å². The Labute approximate surface area is 246 Å². The van der Waals surface area contributed by atoms with Crippen molar-refractivity contribution < 1.29 is 0 Å².